The maximum absolute atomic E-state index is 11.2. The van der Waals surface area contributed by atoms with Crippen LogP contribution < -0.4 is 21.7 Å². The predicted octanol–water partition coefficient (Wildman–Crippen LogP) is -2.12. The van der Waals surface area contributed by atoms with Crippen LogP contribution >= 0.6 is 0 Å². The Morgan fingerprint density at radius 3 is 2.06 bits per heavy atom. The Kier molecular flexibility index (Phi) is 6.63. The van der Waals surface area contributed by atoms with Crippen LogP contribution in [0.3, 0.4) is 0 Å². The van der Waals surface area contributed by atoms with Gasteiger partial charge in [-0.05, 0) is 0 Å². The average Bonchev–Trinajstić information content (AvgIpc) is 2.22. The first kappa shape index (κ1) is 15.5. The largest absolute Gasteiger partial charge is 0.481 e. The summed E-state index contributed by atoms with van der Waals surface area (Å²) in [6.45, 7) is 0.0909. The van der Waals surface area contributed by atoms with Crippen molar-refractivity contribution in [2.45, 2.75) is 12.5 Å². The van der Waals surface area contributed by atoms with E-state index in [0.29, 0.717) is 0 Å². The quantitative estimate of drug-likeness (QED) is 0.286. The monoisotopic (exact) mass is 262 g/mol. The first-order valence-electron chi connectivity index (χ1n) is 4.85. The number of carboxylic acid groups (broad SMARTS) is 2. The first-order chi connectivity index (χ1) is 8.32. The summed E-state index contributed by atoms with van der Waals surface area (Å²) in [5, 5.41) is 23.4. The highest BCUT2D eigenvalue weighted by Gasteiger charge is 2.22. The number of aliphatic carboxylic acids is 2. The van der Waals surface area contributed by atoms with E-state index in [4.69, 9.17) is 15.9 Å². The van der Waals surface area contributed by atoms with Crippen LogP contribution in [0.15, 0.2) is 0 Å². The van der Waals surface area contributed by atoms with E-state index in [-0.39, 0.29) is 13.1 Å². The van der Waals surface area contributed by atoms with Crippen molar-refractivity contribution in [3.05, 3.63) is 0 Å². The SMILES string of the molecule is NC(=O)NCCNC(=O)N[C@H](CC(=O)O)C(=O)O. The number of carboxylic acids is 2. The molecule has 102 valence electrons. The summed E-state index contributed by atoms with van der Waals surface area (Å²) in [4.78, 5) is 42.4. The Labute approximate surface area is 102 Å². The summed E-state index contributed by atoms with van der Waals surface area (Å²) in [5.74, 6) is -2.80. The highest BCUT2D eigenvalue weighted by molar-refractivity contribution is 5.86. The van der Waals surface area contributed by atoms with Gasteiger partial charge in [-0.15, -0.1) is 0 Å². The lowest BCUT2D eigenvalue weighted by molar-refractivity contribution is -0.145. The number of hydrogen-bond acceptors (Lipinski definition) is 4. The van der Waals surface area contributed by atoms with Crippen molar-refractivity contribution in [1.82, 2.24) is 16.0 Å². The standard InChI is InChI=1S/C8H14N4O6/c9-7(17)10-1-2-11-8(18)12-4(6(15)16)3-5(13)14/h4H,1-3H2,(H,13,14)(H,15,16)(H3,9,10,17)(H2,11,12,18)/t4-/m1/s1. The zero-order chi connectivity index (χ0) is 14.1. The van der Waals surface area contributed by atoms with E-state index in [1.54, 1.807) is 0 Å². The van der Waals surface area contributed by atoms with E-state index in [0.717, 1.165) is 0 Å². The summed E-state index contributed by atoms with van der Waals surface area (Å²) in [5.41, 5.74) is 4.76. The molecule has 0 bridgehead atoms. The van der Waals surface area contributed by atoms with E-state index >= 15 is 0 Å². The molecule has 0 aromatic heterocycles. The summed E-state index contributed by atoms with van der Waals surface area (Å²) in [6, 6.07) is -3.13. The summed E-state index contributed by atoms with van der Waals surface area (Å²) < 4.78 is 0. The van der Waals surface area contributed by atoms with Crippen LogP contribution in [0.2, 0.25) is 0 Å². The van der Waals surface area contributed by atoms with Gasteiger partial charge in [-0.2, -0.15) is 0 Å². The topological polar surface area (TPSA) is 171 Å². The molecular formula is C8H14N4O6. The molecule has 10 heteroatoms. The van der Waals surface area contributed by atoms with Gasteiger partial charge in [-0.1, -0.05) is 0 Å². The number of nitrogens with two attached hydrogens (primary N) is 1. The molecule has 0 fully saturated rings. The molecule has 1 atom stereocenters. The van der Waals surface area contributed by atoms with E-state index in [2.05, 4.69) is 10.6 Å². The summed E-state index contributed by atoms with van der Waals surface area (Å²) >= 11 is 0. The average molecular weight is 262 g/mol. The Morgan fingerprint density at radius 2 is 1.61 bits per heavy atom. The zero-order valence-corrected chi connectivity index (χ0v) is 9.30. The maximum atomic E-state index is 11.2. The number of carbonyl (C=O) groups is 4. The van der Waals surface area contributed by atoms with Crippen LogP contribution in [-0.2, 0) is 9.59 Å². The van der Waals surface area contributed by atoms with Crippen LogP contribution in [-0.4, -0.2) is 53.3 Å². The van der Waals surface area contributed by atoms with Crippen molar-refractivity contribution in [2.24, 2.45) is 5.73 Å². The molecule has 18 heavy (non-hydrogen) atoms. The van der Waals surface area contributed by atoms with Crippen molar-refractivity contribution in [3.8, 4) is 0 Å². The van der Waals surface area contributed by atoms with Crippen LogP contribution in [0.5, 0.6) is 0 Å². The van der Waals surface area contributed by atoms with Gasteiger partial charge >= 0.3 is 24.0 Å². The van der Waals surface area contributed by atoms with Crippen molar-refractivity contribution in [3.63, 3.8) is 0 Å². The molecule has 0 saturated heterocycles. The van der Waals surface area contributed by atoms with Crippen LogP contribution in [0.4, 0.5) is 9.59 Å². The Morgan fingerprint density at radius 1 is 1.06 bits per heavy atom. The van der Waals surface area contributed by atoms with Crippen LogP contribution in [0.25, 0.3) is 0 Å². The Hall–Kier alpha value is -2.52. The Bertz CT molecular complexity index is 344. The molecule has 0 spiro atoms. The van der Waals surface area contributed by atoms with Gasteiger partial charge in [0, 0.05) is 13.1 Å². The molecule has 0 saturated carbocycles. The predicted molar refractivity (Wildman–Crippen MR) is 57.8 cm³/mol. The van der Waals surface area contributed by atoms with E-state index in [1.165, 1.54) is 0 Å². The molecule has 0 heterocycles. The number of hydrogen-bond donors (Lipinski definition) is 6. The van der Waals surface area contributed by atoms with Gasteiger partial charge in [0.1, 0.15) is 6.04 Å². The molecular weight excluding hydrogens is 248 g/mol. The molecule has 0 aliphatic heterocycles. The molecule has 7 N–H and O–H groups in total. The van der Waals surface area contributed by atoms with Gasteiger partial charge in [0.25, 0.3) is 0 Å². The molecule has 0 aliphatic carbocycles. The fourth-order valence-electron chi connectivity index (χ4n) is 0.946. The van der Waals surface area contributed by atoms with Gasteiger partial charge in [0.05, 0.1) is 6.42 Å². The zero-order valence-electron chi connectivity index (χ0n) is 9.30. The third-order valence-electron chi connectivity index (χ3n) is 1.69. The smallest absolute Gasteiger partial charge is 0.326 e. The van der Waals surface area contributed by atoms with Crippen molar-refractivity contribution in [2.75, 3.05) is 13.1 Å². The number of carbonyl (C=O) groups excluding carboxylic acids is 2. The van der Waals surface area contributed by atoms with E-state index in [1.807, 2.05) is 5.32 Å². The van der Waals surface area contributed by atoms with Crippen molar-refractivity contribution >= 4 is 24.0 Å². The minimum absolute atomic E-state index is 0.0220. The third kappa shape index (κ3) is 7.73. The van der Waals surface area contributed by atoms with Crippen molar-refractivity contribution in [1.29, 1.82) is 0 Å². The number of primary amides is 1. The number of rotatable bonds is 7. The summed E-state index contributed by atoms with van der Waals surface area (Å²) in [6.07, 6.45) is -0.734. The molecule has 0 aromatic rings. The molecule has 0 unspecified atom stereocenters. The second-order valence-corrected chi connectivity index (χ2v) is 3.18. The minimum atomic E-state index is -1.52. The van der Waals surface area contributed by atoms with Gasteiger partial charge in [-0.25, -0.2) is 14.4 Å². The molecule has 10 nitrogen and oxygen atoms in total. The van der Waals surface area contributed by atoms with Gasteiger partial charge in [0.15, 0.2) is 0 Å². The lowest BCUT2D eigenvalue weighted by Gasteiger charge is -2.13. The Balaban J connectivity index is 3.99. The lowest BCUT2D eigenvalue weighted by Crippen LogP contribution is -2.48. The fourth-order valence-corrected chi connectivity index (χ4v) is 0.946. The molecule has 4 amide bonds. The number of amides is 4. The van der Waals surface area contributed by atoms with Gasteiger partial charge in [-0.3, -0.25) is 4.79 Å². The maximum Gasteiger partial charge on any atom is 0.326 e. The second kappa shape index (κ2) is 7.70. The van der Waals surface area contributed by atoms with Gasteiger partial charge < -0.3 is 31.9 Å². The third-order valence-corrected chi connectivity index (χ3v) is 1.69. The highest BCUT2D eigenvalue weighted by atomic mass is 16.4. The van der Waals surface area contributed by atoms with E-state index in [9.17, 15) is 19.2 Å². The van der Waals surface area contributed by atoms with Crippen LogP contribution in [0, 0.1) is 0 Å². The molecule has 0 aliphatic rings. The molecule has 0 rings (SSSR count). The number of nitrogens with one attached hydrogen (secondary N) is 3. The first-order valence-corrected chi connectivity index (χ1v) is 4.85. The molecule has 0 aromatic carbocycles. The van der Waals surface area contributed by atoms with E-state index < -0.39 is 36.5 Å². The second-order valence-electron chi connectivity index (χ2n) is 3.18. The van der Waals surface area contributed by atoms with Gasteiger partial charge in [0.2, 0.25) is 0 Å². The fraction of sp³-hybridized carbons (Fsp3) is 0.500. The highest BCUT2D eigenvalue weighted by Crippen LogP contribution is 1.92. The van der Waals surface area contributed by atoms with Crippen molar-refractivity contribution < 1.29 is 29.4 Å². The minimum Gasteiger partial charge on any atom is -0.481 e. The lowest BCUT2D eigenvalue weighted by atomic mass is 10.2. The molecule has 0 radical (unpaired) electrons. The van der Waals surface area contributed by atoms with Crippen LogP contribution in [0.1, 0.15) is 6.42 Å². The summed E-state index contributed by atoms with van der Waals surface area (Å²) in [7, 11) is 0. The normalized spacial score (nSPS) is 11.1. The number of urea groups is 2.